The van der Waals surface area contributed by atoms with Crippen LogP contribution in [0.4, 0.5) is 0 Å². The van der Waals surface area contributed by atoms with Crippen molar-refractivity contribution in [3.05, 3.63) is 46.6 Å². The van der Waals surface area contributed by atoms with Crippen molar-refractivity contribution in [3.8, 4) is 11.4 Å². The molecule has 0 aliphatic carbocycles. The Morgan fingerprint density at radius 2 is 1.94 bits per heavy atom. The summed E-state index contributed by atoms with van der Waals surface area (Å²) in [4.78, 5) is 13.1. The molecule has 0 spiro atoms. The molecule has 170 valence electrons. The summed E-state index contributed by atoms with van der Waals surface area (Å²) in [5, 5.41) is 6.39. The average Bonchev–Trinajstić information content (AvgIpc) is 3.52. The van der Waals surface area contributed by atoms with E-state index in [2.05, 4.69) is 50.3 Å². The van der Waals surface area contributed by atoms with Crippen molar-refractivity contribution in [2.75, 3.05) is 13.1 Å². The third-order valence-corrected chi connectivity index (χ3v) is 8.24. The molecule has 0 radical (unpaired) electrons. The second-order valence-electron chi connectivity index (χ2n) is 9.19. The van der Waals surface area contributed by atoms with Gasteiger partial charge in [0, 0.05) is 23.7 Å². The van der Waals surface area contributed by atoms with Gasteiger partial charge in [-0.2, -0.15) is 0 Å². The van der Waals surface area contributed by atoms with Crippen LogP contribution in [0.25, 0.3) is 43.5 Å². The molecule has 2 N–H and O–H groups in total. The summed E-state index contributed by atoms with van der Waals surface area (Å²) >= 11 is 8.49. The molecule has 1 aliphatic rings. The summed E-state index contributed by atoms with van der Waals surface area (Å²) in [6, 6.07) is 10.5. The van der Waals surface area contributed by atoms with Crippen LogP contribution in [-0.4, -0.2) is 32.6 Å². The standard InChI is InChI=1S/C26H28ClN5S/c1-16-29-21-9-8-20-24(25(21)33-16)31-26(30-20)18-6-4-7-22-23(18)19(27)15-32(22)14-3-2-5-17-10-12-28-13-11-17/h4,6-9,15,17,28H,2-3,5,10-14H2,1H3,(H,30,31). The van der Waals surface area contributed by atoms with Crippen LogP contribution in [0.1, 0.15) is 37.1 Å². The van der Waals surface area contributed by atoms with E-state index in [4.69, 9.17) is 16.6 Å². The van der Waals surface area contributed by atoms with Gasteiger partial charge in [-0.05, 0) is 63.4 Å². The zero-order valence-electron chi connectivity index (χ0n) is 18.8. The monoisotopic (exact) mass is 477 g/mol. The molecule has 0 unspecified atom stereocenters. The number of nitrogens with zero attached hydrogens (tertiary/aromatic N) is 3. The minimum atomic E-state index is 0.790. The number of halogens is 1. The number of H-pyrrole nitrogens is 1. The van der Waals surface area contributed by atoms with E-state index >= 15 is 0 Å². The van der Waals surface area contributed by atoms with Crippen molar-refractivity contribution in [1.29, 1.82) is 0 Å². The van der Waals surface area contributed by atoms with Crippen LogP contribution in [-0.2, 0) is 6.54 Å². The normalized spacial score (nSPS) is 15.3. The summed E-state index contributed by atoms with van der Waals surface area (Å²) < 4.78 is 3.48. The number of aromatic amines is 1. The number of benzene rings is 2. The zero-order valence-corrected chi connectivity index (χ0v) is 20.4. The summed E-state index contributed by atoms with van der Waals surface area (Å²) in [7, 11) is 0. The smallest absolute Gasteiger partial charge is 0.139 e. The lowest BCUT2D eigenvalue weighted by Gasteiger charge is -2.22. The van der Waals surface area contributed by atoms with Gasteiger partial charge in [-0.25, -0.2) is 9.97 Å². The quantitative estimate of drug-likeness (QED) is 0.261. The van der Waals surface area contributed by atoms with E-state index in [1.807, 2.05) is 13.0 Å². The number of aryl methyl sites for hydroxylation is 2. The molecule has 1 fully saturated rings. The highest BCUT2D eigenvalue weighted by molar-refractivity contribution is 7.19. The maximum atomic E-state index is 6.79. The molecule has 0 amide bonds. The van der Waals surface area contributed by atoms with Crippen LogP contribution in [0.15, 0.2) is 36.5 Å². The molecule has 4 heterocycles. The van der Waals surface area contributed by atoms with Crippen LogP contribution >= 0.6 is 22.9 Å². The van der Waals surface area contributed by atoms with Gasteiger partial charge in [-0.15, -0.1) is 11.3 Å². The van der Waals surface area contributed by atoms with Crippen LogP contribution in [0.5, 0.6) is 0 Å². The Morgan fingerprint density at radius 3 is 2.82 bits per heavy atom. The summed E-state index contributed by atoms with van der Waals surface area (Å²) in [6.45, 7) is 5.41. The molecule has 5 aromatic rings. The predicted octanol–water partition coefficient (Wildman–Crippen LogP) is 6.93. The zero-order chi connectivity index (χ0) is 22.4. The van der Waals surface area contributed by atoms with Gasteiger partial charge < -0.3 is 14.9 Å². The Bertz CT molecular complexity index is 1440. The number of hydrogen-bond acceptors (Lipinski definition) is 4. The largest absolute Gasteiger partial charge is 0.346 e. The minimum absolute atomic E-state index is 0.790. The van der Waals surface area contributed by atoms with E-state index in [0.29, 0.717) is 0 Å². The highest BCUT2D eigenvalue weighted by Crippen LogP contribution is 2.37. The van der Waals surface area contributed by atoms with Crippen LogP contribution < -0.4 is 5.32 Å². The number of fused-ring (bicyclic) bond motifs is 4. The molecule has 3 aromatic heterocycles. The first kappa shape index (κ1) is 21.1. The first-order valence-electron chi connectivity index (χ1n) is 11.9. The lowest BCUT2D eigenvalue weighted by Crippen LogP contribution is -2.27. The van der Waals surface area contributed by atoms with Crippen molar-refractivity contribution < 1.29 is 0 Å². The molecule has 6 rings (SSSR count). The SMILES string of the molecule is Cc1nc2ccc3nc(-c4cccc5c4c(Cl)cn5CCCCC4CCNCC4)[nH]c3c2s1. The van der Waals surface area contributed by atoms with Crippen molar-refractivity contribution >= 4 is 55.1 Å². The second-order valence-corrected chi connectivity index (χ2v) is 10.8. The summed E-state index contributed by atoms with van der Waals surface area (Å²) in [5.74, 6) is 1.75. The highest BCUT2D eigenvalue weighted by Gasteiger charge is 2.17. The van der Waals surface area contributed by atoms with E-state index in [9.17, 15) is 0 Å². The molecular formula is C26H28ClN5S. The lowest BCUT2D eigenvalue weighted by atomic mass is 9.92. The van der Waals surface area contributed by atoms with Gasteiger partial charge in [0.15, 0.2) is 0 Å². The van der Waals surface area contributed by atoms with E-state index in [1.165, 1.54) is 50.7 Å². The molecule has 1 aliphatic heterocycles. The first-order valence-corrected chi connectivity index (χ1v) is 13.1. The number of hydrogen-bond donors (Lipinski definition) is 2. The van der Waals surface area contributed by atoms with Crippen molar-refractivity contribution in [2.45, 2.75) is 45.6 Å². The van der Waals surface area contributed by atoms with Crippen molar-refractivity contribution in [3.63, 3.8) is 0 Å². The van der Waals surface area contributed by atoms with Gasteiger partial charge in [0.25, 0.3) is 0 Å². The fourth-order valence-corrected chi connectivity index (χ4v) is 6.50. The molecule has 33 heavy (non-hydrogen) atoms. The fourth-order valence-electron chi connectivity index (χ4n) is 5.27. The van der Waals surface area contributed by atoms with Crippen LogP contribution in [0.2, 0.25) is 5.02 Å². The van der Waals surface area contributed by atoms with Gasteiger partial charge >= 0.3 is 0 Å². The third kappa shape index (κ3) is 3.94. The second kappa shape index (κ2) is 8.75. The summed E-state index contributed by atoms with van der Waals surface area (Å²) in [5.41, 5.74) is 5.27. The number of aromatic nitrogens is 4. The number of thiazole rings is 1. The Hall–Kier alpha value is -2.41. The van der Waals surface area contributed by atoms with Crippen LogP contribution in [0, 0.1) is 12.8 Å². The predicted molar refractivity (Wildman–Crippen MR) is 139 cm³/mol. The number of piperidine rings is 1. The van der Waals surface area contributed by atoms with Gasteiger partial charge in [0.1, 0.15) is 5.82 Å². The molecular weight excluding hydrogens is 450 g/mol. The minimum Gasteiger partial charge on any atom is -0.346 e. The lowest BCUT2D eigenvalue weighted by molar-refractivity contribution is 0.341. The van der Waals surface area contributed by atoms with Crippen molar-refractivity contribution in [2.24, 2.45) is 5.92 Å². The Kier molecular flexibility index (Phi) is 5.60. The topological polar surface area (TPSA) is 58.5 Å². The number of imidazole rings is 1. The highest BCUT2D eigenvalue weighted by atomic mass is 35.5. The van der Waals surface area contributed by atoms with E-state index in [-0.39, 0.29) is 0 Å². The Morgan fingerprint density at radius 1 is 1.09 bits per heavy atom. The number of nitrogens with one attached hydrogen (secondary N) is 2. The number of unbranched alkanes of at least 4 members (excludes halogenated alkanes) is 1. The molecule has 7 heteroatoms. The average molecular weight is 478 g/mol. The van der Waals surface area contributed by atoms with E-state index in [0.717, 1.165) is 60.5 Å². The number of rotatable bonds is 6. The first-order chi connectivity index (χ1) is 16.2. The molecule has 0 atom stereocenters. The Labute approximate surface area is 202 Å². The van der Waals surface area contributed by atoms with Gasteiger partial charge in [-0.3, -0.25) is 0 Å². The molecule has 5 nitrogen and oxygen atoms in total. The third-order valence-electron chi connectivity index (χ3n) is 6.95. The molecule has 0 saturated carbocycles. The fraction of sp³-hybridized carbons (Fsp3) is 0.385. The van der Waals surface area contributed by atoms with E-state index in [1.54, 1.807) is 11.3 Å². The van der Waals surface area contributed by atoms with Crippen molar-refractivity contribution in [1.82, 2.24) is 24.8 Å². The van der Waals surface area contributed by atoms with Gasteiger partial charge in [0.05, 0.1) is 36.8 Å². The Balaban J connectivity index is 1.29. The molecule has 0 bridgehead atoms. The molecule has 1 saturated heterocycles. The van der Waals surface area contributed by atoms with Gasteiger partial charge in [0.2, 0.25) is 0 Å². The van der Waals surface area contributed by atoms with E-state index < -0.39 is 0 Å². The summed E-state index contributed by atoms with van der Waals surface area (Å²) in [6.07, 6.45) is 8.54. The maximum absolute atomic E-state index is 6.79. The maximum Gasteiger partial charge on any atom is 0.139 e. The van der Waals surface area contributed by atoms with Gasteiger partial charge in [-0.1, -0.05) is 36.6 Å². The molecule has 2 aromatic carbocycles. The van der Waals surface area contributed by atoms with Crippen LogP contribution in [0.3, 0.4) is 0 Å².